The predicted octanol–water partition coefficient (Wildman–Crippen LogP) is 1.86. The first-order valence-corrected chi connectivity index (χ1v) is 5.00. The maximum absolute atomic E-state index is 3.94. The van der Waals surface area contributed by atoms with E-state index in [2.05, 4.69) is 29.4 Å². The highest BCUT2D eigenvalue weighted by Crippen LogP contribution is 2.28. The van der Waals surface area contributed by atoms with Crippen LogP contribution in [0.1, 0.15) is 38.3 Å². The molecule has 0 spiro atoms. The van der Waals surface area contributed by atoms with Crippen LogP contribution >= 0.6 is 0 Å². The minimum Gasteiger partial charge on any atom is -0.307 e. The fourth-order valence-electron chi connectivity index (χ4n) is 1.99. The summed E-state index contributed by atoms with van der Waals surface area (Å²) >= 11 is 0. The van der Waals surface area contributed by atoms with Gasteiger partial charge in [-0.3, -0.25) is 5.10 Å². The number of hydrogen-bond donors (Lipinski definition) is 2. The van der Waals surface area contributed by atoms with Crippen molar-refractivity contribution >= 4 is 0 Å². The van der Waals surface area contributed by atoms with Gasteiger partial charge in [0.15, 0.2) is 0 Å². The van der Waals surface area contributed by atoms with Gasteiger partial charge < -0.3 is 5.32 Å². The molecule has 72 valence electrons. The van der Waals surface area contributed by atoms with Crippen LogP contribution in [0.3, 0.4) is 0 Å². The Bertz CT molecular complexity index is 249. The van der Waals surface area contributed by atoms with E-state index in [9.17, 15) is 0 Å². The van der Waals surface area contributed by atoms with Gasteiger partial charge in [0.2, 0.25) is 0 Å². The Balaban J connectivity index is 1.82. The van der Waals surface area contributed by atoms with Gasteiger partial charge in [0.05, 0.1) is 6.20 Å². The van der Waals surface area contributed by atoms with Crippen LogP contribution < -0.4 is 5.32 Å². The van der Waals surface area contributed by atoms with E-state index in [1.807, 2.05) is 12.4 Å². The second kappa shape index (κ2) is 3.50. The second-order valence-corrected chi connectivity index (χ2v) is 4.19. The summed E-state index contributed by atoms with van der Waals surface area (Å²) in [5, 5.41) is 10.4. The van der Waals surface area contributed by atoms with Gasteiger partial charge in [-0.05, 0) is 25.7 Å². The summed E-state index contributed by atoms with van der Waals surface area (Å²) < 4.78 is 0. The first-order chi connectivity index (χ1) is 6.25. The fourth-order valence-corrected chi connectivity index (χ4v) is 1.99. The summed E-state index contributed by atoms with van der Waals surface area (Å²) in [7, 11) is 0. The van der Waals surface area contributed by atoms with Crippen LogP contribution in [-0.2, 0) is 0 Å². The first kappa shape index (κ1) is 8.75. The molecule has 1 aliphatic rings. The molecule has 1 atom stereocenters. The molecule has 0 aromatic carbocycles. The SMILES string of the molecule is CC1CC(NC(C)c2cn[nH]c2)C1. The van der Waals surface area contributed by atoms with Crippen LogP contribution in [0.15, 0.2) is 12.4 Å². The smallest absolute Gasteiger partial charge is 0.0534 e. The van der Waals surface area contributed by atoms with Crippen LogP contribution in [0.2, 0.25) is 0 Å². The van der Waals surface area contributed by atoms with Crippen molar-refractivity contribution in [3.8, 4) is 0 Å². The summed E-state index contributed by atoms with van der Waals surface area (Å²) in [5.74, 6) is 0.911. The van der Waals surface area contributed by atoms with Crippen molar-refractivity contribution in [1.29, 1.82) is 0 Å². The van der Waals surface area contributed by atoms with Gasteiger partial charge in [0.25, 0.3) is 0 Å². The molecule has 3 nitrogen and oxygen atoms in total. The highest BCUT2D eigenvalue weighted by molar-refractivity contribution is 5.08. The molecule has 1 heterocycles. The quantitative estimate of drug-likeness (QED) is 0.743. The Morgan fingerprint density at radius 3 is 2.92 bits per heavy atom. The summed E-state index contributed by atoms with van der Waals surface area (Å²) in [6.07, 6.45) is 6.49. The van der Waals surface area contributed by atoms with Crippen LogP contribution in [0, 0.1) is 5.92 Å². The van der Waals surface area contributed by atoms with E-state index in [1.165, 1.54) is 18.4 Å². The molecular formula is C10H17N3. The summed E-state index contributed by atoms with van der Waals surface area (Å²) in [4.78, 5) is 0. The fraction of sp³-hybridized carbons (Fsp3) is 0.700. The molecule has 1 fully saturated rings. The average Bonchev–Trinajstić information content (AvgIpc) is 2.53. The van der Waals surface area contributed by atoms with E-state index in [4.69, 9.17) is 0 Å². The number of aromatic nitrogens is 2. The van der Waals surface area contributed by atoms with E-state index in [0.29, 0.717) is 6.04 Å². The van der Waals surface area contributed by atoms with Gasteiger partial charge in [-0.2, -0.15) is 5.10 Å². The molecule has 1 unspecified atom stereocenters. The van der Waals surface area contributed by atoms with Crippen molar-refractivity contribution in [3.63, 3.8) is 0 Å². The molecular weight excluding hydrogens is 162 g/mol. The maximum atomic E-state index is 3.94. The molecule has 2 N–H and O–H groups in total. The summed E-state index contributed by atoms with van der Waals surface area (Å²) in [6, 6.07) is 1.15. The third-order valence-electron chi connectivity index (χ3n) is 2.88. The zero-order chi connectivity index (χ0) is 9.26. The van der Waals surface area contributed by atoms with Gasteiger partial charge in [-0.1, -0.05) is 6.92 Å². The number of H-pyrrole nitrogens is 1. The highest BCUT2D eigenvalue weighted by atomic mass is 15.1. The van der Waals surface area contributed by atoms with Gasteiger partial charge >= 0.3 is 0 Å². The molecule has 0 amide bonds. The van der Waals surface area contributed by atoms with E-state index < -0.39 is 0 Å². The first-order valence-electron chi connectivity index (χ1n) is 5.00. The van der Waals surface area contributed by atoms with Gasteiger partial charge in [0.1, 0.15) is 0 Å². The number of rotatable bonds is 3. The molecule has 0 saturated heterocycles. The monoisotopic (exact) mass is 179 g/mol. The number of hydrogen-bond acceptors (Lipinski definition) is 2. The zero-order valence-electron chi connectivity index (χ0n) is 8.25. The van der Waals surface area contributed by atoms with E-state index in [0.717, 1.165) is 12.0 Å². The molecule has 3 heteroatoms. The van der Waals surface area contributed by atoms with Crippen molar-refractivity contribution < 1.29 is 0 Å². The molecule has 0 bridgehead atoms. The highest BCUT2D eigenvalue weighted by Gasteiger charge is 2.26. The molecule has 0 radical (unpaired) electrons. The molecule has 1 saturated carbocycles. The van der Waals surface area contributed by atoms with Crippen molar-refractivity contribution in [3.05, 3.63) is 18.0 Å². The van der Waals surface area contributed by atoms with Crippen molar-refractivity contribution in [2.75, 3.05) is 0 Å². The Labute approximate surface area is 78.9 Å². The molecule has 1 aliphatic carbocycles. The molecule has 13 heavy (non-hydrogen) atoms. The van der Waals surface area contributed by atoms with Crippen molar-refractivity contribution in [2.24, 2.45) is 5.92 Å². The summed E-state index contributed by atoms with van der Waals surface area (Å²) in [6.45, 7) is 4.49. The lowest BCUT2D eigenvalue weighted by Crippen LogP contribution is -2.41. The standard InChI is InChI=1S/C10H17N3/c1-7-3-10(4-7)13-8(2)9-5-11-12-6-9/h5-8,10,13H,3-4H2,1-2H3,(H,11,12). The van der Waals surface area contributed by atoms with E-state index >= 15 is 0 Å². The minimum absolute atomic E-state index is 0.427. The van der Waals surface area contributed by atoms with Crippen LogP contribution in [0.25, 0.3) is 0 Å². The summed E-state index contributed by atoms with van der Waals surface area (Å²) in [5.41, 5.74) is 1.25. The van der Waals surface area contributed by atoms with Crippen LogP contribution in [0.4, 0.5) is 0 Å². The Kier molecular flexibility index (Phi) is 2.36. The molecule has 1 aromatic heterocycles. The Morgan fingerprint density at radius 2 is 2.38 bits per heavy atom. The lowest BCUT2D eigenvalue weighted by atomic mass is 9.81. The molecule has 0 aliphatic heterocycles. The molecule has 1 aromatic rings. The predicted molar refractivity (Wildman–Crippen MR) is 52.3 cm³/mol. The number of nitrogens with zero attached hydrogens (tertiary/aromatic N) is 1. The van der Waals surface area contributed by atoms with Crippen molar-refractivity contribution in [2.45, 2.75) is 38.8 Å². The van der Waals surface area contributed by atoms with Gasteiger partial charge in [-0.15, -0.1) is 0 Å². The van der Waals surface area contributed by atoms with Crippen molar-refractivity contribution in [1.82, 2.24) is 15.5 Å². The van der Waals surface area contributed by atoms with Crippen LogP contribution in [0.5, 0.6) is 0 Å². The lowest BCUT2D eigenvalue weighted by Gasteiger charge is -2.35. The van der Waals surface area contributed by atoms with Gasteiger partial charge in [-0.25, -0.2) is 0 Å². The largest absolute Gasteiger partial charge is 0.307 e. The molecule has 2 rings (SSSR count). The Hall–Kier alpha value is -0.830. The number of nitrogens with one attached hydrogen (secondary N) is 2. The van der Waals surface area contributed by atoms with Crippen LogP contribution in [-0.4, -0.2) is 16.2 Å². The zero-order valence-corrected chi connectivity index (χ0v) is 8.25. The van der Waals surface area contributed by atoms with Gasteiger partial charge in [0, 0.05) is 23.8 Å². The minimum atomic E-state index is 0.427. The Morgan fingerprint density at radius 1 is 1.62 bits per heavy atom. The van der Waals surface area contributed by atoms with E-state index in [-0.39, 0.29) is 0 Å². The van der Waals surface area contributed by atoms with E-state index in [1.54, 1.807) is 0 Å². The maximum Gasteiger partial charge on any atom is 0.0534 e. The number of aromatic amines is 1. The topological polar surface area (TPSA) is 40.7 Å². The lowest BCUT2D eigenvalue weighted by molar-refractivity contribution is 0.226. The normalized spacial score (nSPS) is 29.7. The average molecular weight is 179 g/mol. The third-order valence-corrected chi connectivity index (χ3v) is 2.88. The second-order valence-electron chi connectivity index (χ2n) is 4.19. The third kappa shape index (κ3) is 1.91.